The molecule has 2 aliphatic rings. The number of amides is 1. The Kier molecular flexibility index (Phi) is 6.66. The van der Waals surface area contributed by atoms with Crippen molar-refractivity contribution in [2.24, 2.45) is 11.8 Å². The normalized spacial score (nSPS) is 19.0. The zero-order valence-electron chi connectivity index (χ0n) is 16.0. The summed E-state index contributed by atoms with van der Waals surface area (Å²) in [4.78, 5) is 25.7. The van der Waals surface area contributed by atoms with E-state index in [0.717, 1.165) is 76.8 Å². The zero-order chi connectivity index (χ0) is 18.4. The van der Waals surface area contributed by atoms with Crippen LogP contribution in [0.2, 0.25) is 0 Å². The number of piperidine rings is 1. The van der Waals surface area contributed by atoms with Gasteiger partial charge in [-0.05, 0) is 25.2 Å². The largest absolute Gasteiger partial charge is 0.378 e. The summed E-state index contributed by atoms with van der Waals surface area (Å²) in [7, 11) is 0. The third-order valence-electron chi connectivity index (χ3n) is 5.18. The van der Waals surface area contributed by atoms with Crippen molar-refractivity contribution in [3.63, 3.8) is 0 Å². The van der Waals surface area contributed by atoms with Gasteiger partial charge in [0, 0.05) is 44.7 Å². The van der Waals surface area contributed by atoms with E-state index in [1.54, 1.807) is 6.33 Å². The molecule has 0 unspecified atom stereocenters. The Bertz CT molecular complexity index is 581. The summed E-state index contributed by atoms with van der Waals surface area (Å²) in [5.74, 6) is 2.88. The lowest BCUT2D eigenvalue weighted by atomic mass is 9.95. The van der Waals surface area contributed by atoms with Gasteiger partial charge in [-0.1, -0.05) is 13.8 Å². The minimum atomic E-state index is 0.124. The number of aromatic nitrogens is 2. The predicted octanol–water partition coefficient (Wildman–Crippen LogP) is 1.69. The molecule has 0 aliphatic carbocycles. The lowest BCUT2D eigenvalue weighted by Crippen LogP contribution is -2.41. The fourth-order valence-electron chi connectivity index (χ4n) is 3.47. The number of nitrogens with one attached hydrogen (secondary N) is 1. The molecule has 0 bridgehead atoms. The second kappa shape index (κ2) is 9.16. The van der Waals surface area contributed by atoms with E-state index in [4.69, 9.17) is 4.74 Å². The van der Waals surface area contributed by atoms with Crippen LogP contribution in [0.15, 0.2) is 12.4 Å². The average Bonchev–Trinajstić information content (AvgIpc) is 2.68. The highest BCUT2D eigenvalue weighted by Gasteiger charge is 2.26. The Morgan fingerprint density at radius 3 is 2.38 bits per heavy atom. The summed E-state index contributed by atoms with van der Waals surface area (Å²) in [6.07, 6.45) is 4.44. The molecule has 7 heteroatoms. The number of rotatable bonds is 6. The number of carbonyl (C=O) groups excluding carboxylic acids is 1. The van der Waals surface area contributed by atoms with E-state index in [1.807, 2.05) is 0 Å². The summed E-state index contributed by atoms with van der Waals surface area (Å²) >= 11 is 0. The molecular formula is C19H31N5O2. The molecule has 1 aromatic heterocycles. The van der Waals surface area contributed by atoms with Crippen LogP contribution in [0.25, 0.3) is 0 Å². The Balaban J connectivity index is 1.51. The van der Waals surface area contributed by atoms with Crippen molar-refractivity contribution in [3.05, 3.63) is 12.4 Å². The number of ether oxygens (including phenoxy) is 1. The second-order valence-electron chi connectivity index (χ2n) is 7.57. The first kappa shape index (κ1) is 18.9. The monoisotopic (exact) mass is 361 g/mol. The van der Waals surface area contributed by atoms with Crippen LogP contribution in [0, 0.1) is 11.8 Å². The Labute approximate surface area is 156 Å². The number of morpholine rings is 1. The van der Waals surface area contributed by atoms with Gasteiger partial charge in [-0.15, -0.1) is 0 Å². The molecule has 3 rings (SSSR count). The fourth-order valence-corrected chi connectivity index (χ4v) is 3.47. The minimum absolute atomic E-state index is 0.124. The fraction of sp³-hybridized carbons (Fsp3) is 0.737. The topological polar surface area (TPSA) is 70.6 Å². The van der Waals surface area contributed by atoms with Crippen molar-refractivity contribution < 1.29 is 9.53 Å². The van der Waals surface area contributed by atoms with E-state index >= 15 is 0 Å². The smallest absolute Gasteiger partial charge is 0.223 e. The third-order valence-corrected chi connectivity index (χ3v) is 5.18. The van der Waals surface area contributed by atoms with Crippen molar-refractivity contribution in [1.82, 2.24) is 15.3 Å². The molecule has 0 atom stereocenters. The van der Waals surface area contributed by atoms with Crippen LogP contribution in [0.1, 0.15) is 33.1 Å². The molecule has 1 aromatic rings. The molecule has 0 saturated carbocycles. The Morgan fingerprint density at radius 2 is 1.77 bits per heavy atom. The molecule has 1 amide bonds. The highest BCUT2D eigenvalue weighted by molar-refractivity contribution is 5.78. The van der Waals surface area contributed by atoms with E-state index < -0.39 is 0 Å². The van der Waals surface area contributed by atoms with Crippen molar-refractivity contribution in [2.45, 2.75) is 33.1 Å². The average molecular weight is 361 g/mol. The standard InChI is InChI=1S/C19H31N5O2/c1-15(2)3-6-20-19(25)16-4-7-23(8-5-16)17-13-18(22-14-21-17)24-9-11-26-12-10-24/h13-16H,3-12H2,1-2H3,(H,20,25). The lowest BCUT2D eigenvalue weighted by molar-refractivity contribution is -0.125. The van der Waals surface area contributed by atoms with E-state index in [2.05, 4.69) is 45.0 Å². The number of carbonyl (C=O) groups is 1. The molecule has 26 heavy (non-hydrogen) atoms. The maximum atomic E-state index is 12.3. The van der Waals surface area contributed by atoms with Gasteiger partial charge < -0.3 is 19.9 Å². The van der Waals surface area contributed by atoms with Gasteiger partial charge in [-0.3, -0.25) is 4.79 Å². The van der Waals surface area contributed by atoms with Gasteiger partial charge in [0.25, 0.3) is 0 Å². The molecule has 1 N–H and O–H groups in total. The minimum Gasteiger partial charge on any atom is -0.378 e. The number of hydrogen-bond acceptors (Lipinski definition) is 6. The quantitative estimate of drug-likeness (QED) is 0.831. The predicted molar refractivity (Wildman–Crippen MR) is 102 cm³/mol. The highest BCUT2D eigenvalue weighted by atomic mass is 16.5. The van der Waals surface area contributed by atoms with Gasteiger partial charge in [0.15, 0.2) is 0 Å². The van der Waals surface area contributed by atoms with Gasteiger partial charge in [0.05, 0.1) is 13.2 Å². The maximum Gasteiger partial charge on any atom is 0.223 e. The molecular weight excluding hydrogens is 330 g/mol. The molecule has 144 valence electrons. The highest BCUT2D eigenvalue weighted by Crippen LogP contribution is 2.24. The van der Waals surface area contributed by atoms with Crippen LogP contribution < -0.4 is 15.1 Å². The number of anilines is 2. The molecule has 3 heterocycles. The molecule has 0 spiro atoms. The van der Waals surface area contributed by atoms with Crippen molar-refractivity contribution in [2.75, 3.05) is 55.7 Å². The van der Waals surface area contributed by atoms with E-state index in [1.165, 1.54) is 0 Å². The zero-order valence-corrected chi connectivity index (χ0v) is 16.0. The Hall–Kier alpha value is -1.89. The summed E-state index contributed by atoms with van der Waals surface area (Å²) in [6.45, 7) is 10.1. The molecule has 0 aromatic carbocycles. The van der Waals surface area contributed by atoms with E-state index in [0.29, 0.717) is 5.92 Å². The SMILES string of the molecule is CC(C)CCNC(=O)C1CCN(c2cc(N3CCOCC3)ncn2)CC1. The molecule has 2 fully saturated rings. The summed E-state index contributed by atoms with van der Waals surface area (Å²) in [5.41, 5.74) is 0. The van der Waals surface area contributed by atoms with Crippen molar-refractivity contribution >= 4 is 17.5 Å². The first-order valence-corrected chi connectivity index (χ1v) is 9.81. The van der Waals surface area contributed by atoms with Gasteiger partial charge in [-0.25, -0.2) is 9.97 Å². The van der Waals surface area contributed by atoms with Crippen LogP contribution in [0.5, 0.6) is 0 Å². The van der Waals surface area contributed by atoms with E-state index in [-0.39, 0.29) is 11.8 Å². The first-order chi connectivity index (χ1) is 12.6. The van der Waals surface area contributed by atoms with Crippen LogP contribution in [-0.2, 0) is 9.53 Å². The second-order valence-corrected chi connectivity index (χ2v) is 7.57. The summed E-state index contributed by atoms with van der Waals surface area (Å²) in [6, 6.07) is 2.06. The number of nitrogens with zero attached hydrogens (tertiary/aromatic N) is 4. The van der Waals surface area contributed by atoms with Crippen LogP contribution >= 0.6 is 0 Å². The first-order valence-electron chi connectivity index (χ1n) is 9.81. The van der Waals surface area contributed by atoms with Gasteiger partial charge in [0.2, 0.25) is 5.91 Å². The van der Waals surface area contributed by atoms with Gasteiger partial charge in [-0.2, -0.15) is 0 Å². The van der Waals surface area contributed by atoms with Crippen molar-refractivity contribution in [3.8, 4) is 0 Å². The summed E-state index contributed by atoms with van der Waals surface area (Å²) < 4.78 is 5.41. The molecule has 7 nitrogen and oxygen atoms in total. The van der Waals surface area contributed by atoms with Gasteiger partial charge >= 0.3 is 0 Å². The van der Waals surface area contributed by atoms with E-state index in [9.17, 15) is 4.79 Å². The van der Waals surface area contributed by atoms with Crippen LogP contribution in [-0.4, -0.2) is 61.8 Å². The van der Waals surface area contributed by atoms with Crippen LogP contribution in [0.4, 0.5) is 11.6 Å². The van der Waals surface area contributed by atoms with Crippen LogP contribution in [0.3, 0.4) is 0 Å². The Morgan fingerprint density at radius 1 is 1.15 bits per heavy atom. The van der Waals surface area contributed by atoms with Crippen molar-refractivity contribution in [1.29, 1.82) is 0 Å². The third kappa shape index (κ3) is 5.06. The lowest BCUT2D eigenvalue weighted by Gasteiger charge is -2.33. The molecule has 2 aliphatic heterocycles. The maximum absolute atomic E-state index is 12.3. The molecule has 2 saturated heterocycles. The van der Waals surface area contributed by atoms with Gasteiger partial charge in [0.1, 0.15) is 18.0 Å². The summed E-state index contributed by atoms with van der Waals surface area (Å²) in [5, 5.41) is 3.09. The number of hydrogen-bond donors (Lipinski definition) is 1. The molecule has 0 radical (unpaired) electrons.